The summed E-state index contributed by atoms with van der Waals surface area (Å²) in [4.78, 5) is 14.0. The number of nitrogens with zero attached hydrogens (tertiary/aromatic N) is 4. The van der Waals surface area contributed by atoms with Crippen LogP contribution < -0.4 is 0 Å². The fourth-order valence-electron chi connectivity index (χ4n) is 5.28. The number of hydrogen-bond donors (Lipinski definition) is 0. The van der Waals surface area contributed by atoms with E-state index in [1.165, 1.54) is 0 Å². The molecule has 0 unspecified atom stereocenters. The van der Waals surface area contributed by atoms with Crippen molar-refractivity contribution in [1.29, 1.82) is 21.0 Å². The molecule has 0 heterocycles. The zero-order valence-electron chi connectivity index (χ0n) is 16.0. The van der Waals surface area contributed by atoms with Crippen molar-refractivity contribution in [3.05, 3.63) is 83.9 Å². The summed E-state index contributed by atoms with van der Waals surface area (Å²) >= 11 is 0. The number of rotatable bonds is 3. The molecule has 142 valence electrons. The van der Waals surface area contributed by atoms with E-state index in [1.54, 1.807) is 42.5 Å². The number of nitriles is 4. The van der Waals surface area contributed by atoms with E-state index in [2.05, 4.69) is 0 Å². The van der Waals surface area contributed by atoms with Gasteiger partial charge < -0.3 is 0 Å². The molecule has 2 bridgehead atoms. The highest BCUT2D eigenvalue weighted by Gasteiger charge is 2.77. The molecule has 30 heavy (non-hydrogen) atoms. The van der Waals surface area contributed by atoms with Gasteiger partial charge in [0.05, 0.1) is 29.7 Å². The Balaban J connectivity index is 2.11. The first-order chi connectivity index (χ1) is 14.6. The van der Waals surface area contributed by atoms with Crippen molar-refractivity contribution in [3.8, 4) is 24.3 Å². The van der Waals surface area contributed by atoms with E-state index in [-0.39, 0.29) is 0 Å². The predicted octanol–water partition coefficient (Wildman–Crippen LogP) is 4.30. The summed E-state index contributed by atoms with van der Waals surface area (Å²) < 4.78 is 0. The van der Waals surface area contributed by atoms with E-state index in [0.29, 0.717) is 12.0 Å². The van der Waals surface area contributed by atoms with Gasteiger partial charge in [-0.1, -0.05) is 72.8 Å². The summed E-state index contributed by atoms with van der Waals surface area (Å²) in [5, 5.41) is 40.8. The summed E-state index contributed by atoms with van der Waals surface area (Å²) in [5.41, 5.74) is -4.63. The molecule has 0 aromatic heterocycles. The van der Waals surface area contributed by atoms with Gasteiger partial charge >= 0.3 is 0 Å². The molecule has 3 atom stereocenters. The lowest BCUT2D eigenvalue weighted by Gasteiger charge is -2.58. The molecule has 3 aliphatic rings. The molecule has 1 saturated carbocycles. The standard InChI is InChI=1S/C25H16N4O/c26-14-23(15-27)20-11-12-25(24(23,16-28)17-29,22(30)19-9-5-2-6-10-19)21(13-20)18-7-3-1-4-8-18/h1-12,20-21H,13H2/t20-,21-,25+/m0/s1. The highest BCUT2D eigenvalue weighted by Crippen LogP contribution is 2.70. The molecular weight excluding hydrogens is 372 g/mol. The summed E-state index contributed by atoms with van der Waals surface area (Å²) in [5.74, 6) is -1.58. The van der Waals surface area contributed by atoms with Crippen LogP contribution in [0.3, 0.4) is 0 Å². The van der Waals surface area contributed by atoms with Gasteiger partial charge in [-0.3, -0.25) is 4.79 Å². The largest absolute Gasteiger partial charge is 0.293 e. The molecule has 0 amide bonds. The maximum atomic E-state index is 14.0. The van der Waals surface area contributed by atoms with Gasteiger partial charge in [-0.15, -0.1) is 0 Å². The highest BCUT2D eigenvalue weighted by molar-refractivity contribution is 6.04. The molecule has 0 N–H and O–H groups in total. The number of benzene rings is 2. The Morgan fingerprint density at radius 2 is 1.40 bits per heavy atom. The van der Waals surface area contributed by atoms with Crippen molar-refractivity contribution in [3.63, 3.8) is 0 Å². The lowest BCUT2D eigenvalue weighted by molar-refractivity contribution is -0.00271. The van der Waals surface area contributed by atoms with Gasteiger partial charge in [-0.25, -0.2) is 0 Å². The number of allylic oxidation sites excluding steroid dienone is 2. The van der Waals surface area contributed by atoms with Crippen molar-refractivity contribution >= 4 is 5.78 Å². The molecule has 5 rings (SSSR count). The second-order valence-electron chi connectivity index (χ2n) is 7.73. The summed E-state index contributed by atoms with van der Waals surface area (Å²) in [7, 11) is 0. The molecule has 0 aliphatic heterocycles. The smallest absolute Gasteiger partial charge is 0.192 e. The number of carbonyl (C=O) groups is 1. The van der Waals surface area contributed by atoms with Crippen LogP contribution in [0, 0.1) is 67.5 Å². The number of carbonyl (C=O) groups excluding carboxylic acids is 1. The molecule has 2 aromatic rings. The van der Waals surface area contributed by atoms with Crippen LogP contribution in [0.15, 0.2) is 72.8 Å². The average molecular weight is 388 g/mol. The van der Waals surface area contributed by atoms with E-state index in [0.717, 1.165) is 5.56 Å². The lowest BCUT2D eigenvalue weighted by Crippen LogP contribution is -2.65. The van der Waals surface area contributed by atoms with Crippen molar-refractivity contribution in [2.75, 3.05) is 0 Å². The fourth-order valence-corrected chi connectivity index (χ4v) is 5.28. The predicted molar refractivity (Wildman–Crippen MR) is 107 cm³/mol. The second-order valence-corrected chi connectivity index (χ2v) is 7.73. The van der Waals surface area contributed by atoms with Crippen LogP contribution in [-0.2, 0) is 0 Å². The van der Waals surface area contributed by atoms with E-state index in [9.17, 15) is 25.8 Å². The minimum Gasteiger partial charge on any atom is -0.293 e. The van der Waals surface area contributed by atoms with Gasteiger partial charge in [-0.05, 0) is 12.0 Å². The van der Waals surface area contributed by atoms with Crippen LogP contribution in [0.1, 0.15) is 28.3 Å². The lowest BCUT2D eigenvalue weighted by atomic mass is 9.36. The molecule has 3 aliphatic carbocycles. The SMILES string of the molecule is N#CC1(C#N)[C@H]2C=C[C@](C(=O)c3ccccc3)([C@H](c3ccccc3)C2)C1(C#N)C#N. The normalized spacial score (nSPS) is 27.1. The zero-order chi connectivity index (χ0) is 21.4. The first-order valence-electron chi connectivity index (χ1n) is 9.56. The van der Waals surface area contributed by atoms with Crippen LogP contribution in [-0.4, -0.2) is 5.78 Å². The van der Waals surface area contributed by atoms with Gasteiger partial charge in [0.2, 0.25) is 0 Å². The fraction of sp³-hybridized carbons (Fsp3) is 0.240. The maximum absolute atomic E-state index is 14.0. The van der Waals surface area contributed by atoms with Crippen LogP contribution in [0.5, 0.6) is 0 Å². The Labute approximate surface area is 174 Å². The molecule has 5 nitrogen and oxygen atoms in total. The Bertz CT molecular complexity index is 1180. The molecular formula is C25H16N4O. The van der Waals surface area contributed by atoms with Gasteiger partial charge in [0.15, 0.2) is 16.6 Å². The van der Waals surface area contributed by atoms with E-state index >= 15 is 0 Å². The molecule has 0 radical (unpaired) electrons. The highest BCUT2D eigenvalue weighted by atomic mass is 16.1. The number of ketones is 1. The van der Waals surface area contributed by atoms with Gasteiger partial charge in [-0.2, -0.15) is 21.0 Å². The van der Waals surface area contributed by atoms with E-state index in [4.69, 9.17) is 0 Å². The Kier molecular flexibility index (Phi) is 4.28. The molecule has 0 spiro atoms. The van der Waals surface area contributed by atoms with Gasteiger partial charge in [0.1, 0.15) is 0 Å². The number of hydrogen-bond acceptors (Lipinski definition) is 5. The Morgan fingerprint density at radius 1 is 0.833 bits per heavy atom. The van der Waals surface area contributed by atoms with E-state index in [1.807, 2.05) is 54.6 Å². The molecule has 5 heteroatoms. The Hall–Kier alpha value is -4.19. The van der Waals surface area contributed by atoms with Gasteiger partial charge in [0.25, 0.3) is 0 Å². The number of fused-ring (bicyclic) bond motifs is 2. The molecule has 1 fully saturated rings. The summed E-state index contributed by atoms with van der Waals surface area (Å²) in [6.45, 7) is 0. The topological polar surface area (TPSA) is 112 Å². The van der Waals surface area contributed by atoms with Crippen molar-refractivity contribution in [2.45, 2.75) is 12.3 Å². The molecule has 2 aromatic carbocycles. The summed E-state index contributed by atoms with van der Waals surface area (Å²) in [6.07, 6.45) is 3.62. The van der Waals surface area contributed by atoms with Crippen LogP contribution >= 0.6 is 0 Å². The maximum Gasteiger partial charge on any atom is 0.192 e. The second kappa shape index (κ2) is 6.70. The Morgan fingerprint density at radius 3 is 1.93 bits per heavy atom. The zero-order valence-corrected chi connectivity index (χ0v) is 16.0. The van der Waals surface area contributed by atoms with Crippen molar-refractivity contribution < 1.29 is 4.79 Å². The first kappa shape index (κ1) is 19.1. The first-order valence-corrected chi connectivity index (χ1v) is 9.56. The quantitative estimate of drug-likeness (QED) is 0.575. The third-order valence-corrected chi connectivity index (χ3v) is 6.70. The third kappa shape index (κ3) is 2.05. The monoisotopic (exact) mass is 388 g/mol. The van der Waals surface area contributed by atoms with Gasteiger partial charge in [0, 0.05) is 17.4 Å². The average Bonchev–Trinajstić information content (AvgIpc) is 2.83. The van der Waals surface area contributed by atoms with Crippen molar-refractivity contribution in [1.82, 2.24) is 0 Å². The van der Waals surface area contributed by atoms with Crippen molar-refractivity contribution in [2.24, 2.45) is 22.2 Å². The minimum absolute atomic E-state index is 0.325. The molecule has 0 saturated heterocycles. The van der Waals surface area contributed by atoms with Crippen LogP contribution in [0.25, 0.3) is 0 Å². The minimum atomic E-state index is -2.16. The van der Waals surface area contributed by atoms with Crippen LogP contribution in [0.2, 0.25) is 0 Å². The van der Waals surface area contributed by atoms with E-state index < -0.39 is 33.9 Å². The number of Topliss-reactive ketones (excluding diaryl/α,β-unsaturated/α-hetero) is 1. The third-order valence-electron chi connectivity index (χ3n) is 6.70. The van der Waals surface area contributed by atoms with Crippen LogP contribution in [0.4, 0.5) is 0 Å². The summed E-state index contributed by atoms with van der Waals surface area (Å²) in [6, 6.07) is 25.7.